The molecule has 0 fully saturated rings. The van der Waals surface area contributed by atoms with Crippen molar-refractivity contribution in [1.29, 1.82) is 0 Å². The van der Waals surface area contributed by atoms with Crippen molar-refractivity contribution in [3.8, 4) is 0 Å². The van der Waals surface area contributed by atoms with Crippen molar-refractivity contribution in [3.63, 3.8) is 0 Å². The van der Waals surface area contributed by atoms with Crippen molar-refractivity contribution in [2.45, 2.75) is 12.8 Å². The van der Waals surface area contributed by atoms with Gasteiger partial charge in [-0.2, -0.15) is 0 Å². The van der Waals surface area contributed by atoms with Crippen molar-refractivity contribution in [2.24, 2.45) is 5.73 Å². The molecule has 74 valence electrons. The average molecular weight is 186 g/mol. The number of imide groups is 1. The van der Waals surface area contributed by atoms with Gasteiger partial charge in [0.2, 0.25) is 0 Å². The van der Waals surface area contributed by atoms with Crippen molar-refractivity contribution in [1.82, 2.24) is 4.90 Å². The maximum atomic E-state index is 10.9. The highest BCUT2D eigenvalue weighted by atomic mass is 16.3. The van der Waals surface area contributed by atoms with Gasteiger partial charge in [-0.15, -0.1) is 6.58 Å². The number of amides is 3. The molecular formula is C8H14N2O3. The standard InChI is InChI=1S/C8H14N2O3/c1-2-3-4-5-10(8(9)13)7(12)6-11/h2,11H,1,3-6H2,(H2,9,13). The molecule has 0 bridgehead atoms. The maximum absolute atomic E-state index is 10.9. The summed E-state index contributed by atoms with van der Waals surface area (Å²) >= 11 is 0. The second-order valence-corrected chi connectivity index (χ2v) is 2.47. The quantitative estimate of drug-likeness (QED) is 0.462. The first-order valence-electron chi connectivity index (χ1n) is 3.95. The zero-order chi connectivity index (χ0) is 10.3. The van der Waals surface area contributed by atoms with Gasteiger partial charge in [0.25, 0.3) is 5.91 Å². The number of allylic oxidation sites excluding steroid dienone is 1. The predicted molar refractivity (Wildman–Crippen MR) is 47.8 cm³/mol. The van der Waals surface area contributed by atoms with Gasteiger partial charge in [-0.1, -0.05) is 6.08 Å². The Morgan fingerprint density at radius 1 is 1.54 bits per heavy atom. The van der Waals surface area contributed by atoms with Crippen molar-refractivity contribution < 1.29 is 14.7 Å². The second-order valence-electron chi connectivity index (χ2n) is 2.47. The van der Waals surface area contributed by atoms with Gasteiger partial charge in [-0.3, -0.25) is 9.69 Å². The number of carbonyl (C=O) groups excluding carboxylic acids is 2. The molecule has 0 saturated heterocycles. The summed E-state index contributed by atoms with van der Waals surface area (Å²) in [5.74, 6) is -0.670. The van der Waals surface area contributed by atoms with E-state index in [2.05, 4.69) is 6.58 Å². The van der Waals surface area contributed by atoms with Crippen LogP contribution in [-0.2, 0) is 4.79 Å². The van der Waals surface area contributed by atoms with Crippen LogP contribution in [-0.4, -0.2) is 35.1 Å². The fourth-order valence-corrected chi connectivity index (χ4v) is 0.837. The zero-order valence-electron chi connectivity index (χ0n) is 7.40. The monoisotopic (exact) mass is 186 g/mol. The van der Waals surface area contributed by atoms with Crippen LogP contribution in [0.2, 0.25) is 0 Å². The number of nitrogens with zero attached hydrogens (tertiary/aromatic N) is 1. The van der Waals surface area contributed by atoms with Crippen LogP contribution in [0.3, 0.4) is 0 Å². The highest BCUT2D eigenvalue weighted by Crippen LogP contribution is 1.96. The van der Waals surface area contributed by atoms with Crippen LogP contribution in [0.4, 0.5) is 4.79 Å². The average Bonchev–Trinajstić information content (AvgIpc) is 2.11. The summed E-state index contributed by atoms with van der Waals surface area (Å²) in [7, 11) is 0. The van der Waals surface area contributed by atoms with Gasteiger partial charge >= 0.3 is 6.03 Å². The number of primary amides is 1. The fraction of sp³-hybridized carbons (Fsp3) is 0.500. The third-order valence-electron chi connectivity index (χ3n) is 1.49. The summed E-state index contributed by atoms with van der Waals surface area (Å²) in [6, 6.07) is -0.830. The number of urea groups is 1. The minimum atomic E-state index is -0.830. The minimum absolute atomic E-state index is 0.223. The smallest absolute Gasteiger partial charge is 0.321 e. The van der Waals surface area contributed by atoms with E-state index in [0.717, 1.165) is 4.90 Å². The lowest BCUT2D eigenvalue weighted by atomic mass is 10.3. The number of unbranched alkanes of at least 4 members (excludes halogenated alkanes) is 1. The topological polar surface area (TPSA) is 83.6 Å². The highest BCUT2D eigenvalue weighted by Gasteiger charge is 2.16. The molecule has 0 atom stereocenters. The van der Waals surface area contributed by atoms with Crippen LogP contribution < -0.4 is 5.73 Å². The number of rotatable bonds is 5. The summed E-state index contributed by atoms with van der Waals surface area (Å²) in [5, 5.41) is 8.49. The van der Waals surface area contributed by atoms with Crippen LogP contribution in [0, 0.1) is 0 Å². The van der Waals surface area contributed by atoms with Crippen molar-refractivity contribution >= 4 is 11.9 Å². The zero-order valence-corrected chi connectivity index (χ0v) is 7.40. The summed E-state index contributed by atoms with van der Waals surface area (Å²) in [6.45, 7) is 3.02. The van der Waals surface area contributed by atoms with Gasteiger partial charge in [0.05, 0.1) is 0 Å². The van der Waals surface area contributed by atoms with E-state index >= 15 is 0 Å². The normalized spacial score (nSPS) is 9.31. The van der Waals surface area contributed by atoms with E-state index in [-0.39, 0.29) is 6.54 Å². The number of aliphatic hydroxyl groups is 1. The summed E-state index contributed by atoms with van der Waals surface area (Å²) in [4.78, 5) is 22.4. The summed E-state index contributed by atoms with van der Waals surface area (Å²) in [6.07, 6.45) is 2.99. The molecular weight excluding hydrogens is 172 g/mol. The van der Waals surface area contributed by atoms with E-state index in [4.69, 9.17) is 10.8 Å². The van der Waals surface area contributed by atoms with Crippen LogP contribution in [0.15, 0.2) is 12.7 Å². The third-order valence-corrected chi connectivity index (χ3v) is 1.49. The fourth-order valence-electron chi connectivity index (χ4n) is 0.837. The molecule has 0 spiro atoms. The van der Waals surface area contributed by atoms with Gasteiger partial charge in [-0.05, 0) is 12.8 Å². The van der Waals surface area contributed by atoms with E-state index in [9.17, 15) is 9.59 Å². The molecule has 0 heterocycles. The number of hydrogen-bond acceptors (Lipinski definition) is 3. The Balaban J connectivity index is 4.02. The molecule has 5 nitrogen and oxygen atoms in total. The van der Waals surface area contributed by atoms with Crippen LogP contribution in [0.5, 0.6) is 0 Å². The SMILES string of the molecule is C=CCCCN(C(N)=O)C(=O)CO. The van der Waals surface area contributed by atoms with E-state index in [1.165, 1.54) is 0 Å². The molecule has 0 saturated carbocycles. The Bertz CT molecular complexity index is 204. The van der Waals surface area contributed by atoms with Gasteiger partial charge in [0, 0.05) is 6.54 Å². The summed E-state index contributed by atoms with van der Waals surface area (Å²) in [5.41, 5.74) is 4.92. The Hall–Kier alpha value is -1.36. The number of nitrogens with two attached hydrogens (primary N) is 1. The minimum Gasteiger partial charge on any atom is -0.387 e. The molecule has 0 aromatic heterocycles. The van der Waals surface area contributed by atoms with Crippen LogP contribution in [0.1, 0.15) is 12.8 Å². The van der Waals surface area contributed by atoms with E-state index < -0.39 is 18.5 Å². The van der Waals surface area contributed by atoms with Crippen LogP contribution in [0.25, 0.3) is 0 Å². The predicted octanol–water partition coefficient (Wildman–Crippen LogP) is -0.148. The van der Waals surface area contributed by atoms with Gasteiger partial charge < -0.3 is 10.8 Å². The number of carbonyl (C=O) groups is 2. The van der Waals surface area contributed by atoms with Gasteiger partial charge in [0.15, 0.2) is 0 Å². The largest absolute Gasteiger partial charge is 0.387 e. The first kappa shape index (κ1) is 11.6. The molecule has 3 N–H and O–H groups in total. The molecule has 0 radical (unpaired) electrons. The Morgan fingerprint density at radius 2 is 2.15 bits per heavy atom. The summed E-state index contributed by atoms with van der Waals surface area (Å²) < 4.78 is 0. The number of hydrogen-bond donors (Lipinski definition) is 2. The molecule has 0 aliphatic rings. The van der Waals surface area contributed by atoms with E-state index in [0.29, 0.717) is 12.8 Å². The van der Waals surface area contributed by atoms with E-state index in [1.807, 2.05) is 0 Å². The maximum Gasteiger partial charge on any atom is 0.321 e. The van der Waals surface area contributed by atoms with Gasteiger partial charge in [-0.25, -0.2) is 4.79 Å². The third kappa shape index (κ3) is 4.27. The Morgan fingerprint density at radius 3 is 2.54 bits per heavy atom. The number of aliphatic hydroxyl groups excluding tert-OH is 1. The van der Waals surface area contributed by atoms with Gasteiger partial charge in [0.1, 0.15) is 6.61 Å². The van der Waals surface area contributed by atoms with E-state index in [1.54, 1.807) is 6.08 Å². The lowest BCUT2D eigenvalue weighted by Crippen LogP contribution is -2.42. The molecule has 0 aromatic carbocycles. The molecule has 0 unspecified atom stereocenters. The first-order chi connectivity index (χ1) is 6.13. The van der Waals surface area contributed by atoms with Crippen molar-refractivity contribution in [2.75, 3.05) is 13.2 Å². The molecule has 5 heteroatoms. The molecule has 0 rings (SSSR count). The lowest BCUT2D eigenvalue weighted by Gasteiger charge is -2.16. The highest BCUT2D eigenvalue weighted by molar-refractivity contribution is 5.94. The molecule has 0 aromatic rings. The second kappa shape index (κ2) is 6.19. The Kier molecular flexibility index (Phi) is 5.54. The first-order valence-corrected chi connectivity index (χ1v) is 3.95. The van der Waals surface area contributed by atoms with Crippen LogP contribution >= 0.6 is 0 Å². The Labute approximate surface area is 76.8 Å². The molecule has 0 aliphatic carbocycles. The molecule has 0 aliphatic heterocycles. The lowest BCUT2D eigenvalue weighted by molar-refractivity contribution is -0.131. The molecule has 13 heavy (non-hydrogen) atoms. The van der Waals surface area contributed by atoms with Crippen molar-refractivity contribution in [3.05, 3.63) is 12.7 Å². The molecule has 3 amide bonds.